The van der Waals surface area contributed by atoms with Gasteiger partial charge in [0.05, 0.1) is 25.8 Å². The second kappa shape index (κ2) is 8.25. The summed E-state index contributed by atoms with van der Waals surface area (Å²) in [7, 11) is 3.17. The van der Waals surface area contributed by atoms with Gasteiger partial charge in [-0.3, -0.25) is 0 Å². The minimum absolute atomic E-state index is 0.215. The van der Waals surface area contributed by atoms with Crippen LogP contribution in [-0.4, -0.2) is 20.3 Å². The Labute approximate surface area is 145 Å². The van der Waals surface area contributed by atoms with Crippen molar-refractivity contribution in [1.29, 1.82) is 0 Å². The average Bonchev–Trinajstić information content (AvgIpc) is 2.59. The van der Waals surface area contributed by atoms with Gasteiger partial charge >= 0.3 is 6.18 Å². The quantitative estimate of drug-likeness (QED) is 0.827. The fourth-order valence-electron chi connectivity index (χ4n) is 2.67. The zero-order valence-electron chi connectivity index (χ0n) is 14.6. The van der Waals surface area contributed by atoms with Crippen LogP contribution < -0.4 is 14.8 Å². The number of hydrogen-bond donors (Lipinski definition) is 1. The molecule has 0 aliphatic heterocycles. The van der Waals surface area contributed by atoms with Crippen LogP contribution in [0.2, 0.25) is 0 Å². The maximum absolute atomic E-state index is 12.8. The molecule has 3 nitrogen and oxygen atoms in total. The molecule has 6 heteroatoms. The maximum atomic E-state index is 12.8. The highest BCUT2D eigenvalue weighted by Crippen LogP contribution is 2.29. The van der Waals surface area contributed by atoms with Gasteiger partial charge in [0.1, 0.15) is 6.54 Å². The minimum atomic E-state index is -4.30. The van der Waals surface area contributed by atoms with Crippen LogP contribution in [0.4, 0.5) is 13.2 Å². The third-order valence-corrected chi connectivity index (χ3v) is 4.02. The van der Waals surface area contributed by atoms with Crippen molar-refractivity contribution in [3.05, 3.63) is 59.2 Å². The molecule has 0 aliphatic rings. The molecule has 0 amide bonds. The SMILES string of the molecule is COc1ccc(C[C@@H](C)[NH2+]Cc2cccc(C(F)(F)F)c2)cc1OC. The van der Waals surface area contributed by atoms with Crippen molar-refractivity contribution in [3.63, 3.8) is 0 Å². The lowest BCUT2D eigenvalue weighted by atomic mass is 10.1. The number of halogens is 3. The molecule has 25 heavy (non-hydrogen) atoms. The molecule has 136 valence electrons. The topological polar surface area (TPSA) is 35.1 Å². The second-order valence-electron chi connectivity index (χ2n) is 6.01. The Kier molecular flexibility index (Phi) is 6.31. The summed E-state index contributed by atoms with van der Waals surface area (Å²) in [4.78, 5) is 0. The Morgan fingerprint density at radius 1 is 0.960 bits per heavy atom. The first kappa shape index (κ1) is 19.1. The van der Waals surface area contributed by atoms with E-state index in [1.807, 2.05) is 30.4 Å². The van der Waals surface area contributed by atoms with Crippen LogP contribution in [0, 0.1) is 0 Å². The molecule has 0 unspecified atom stereocenters. The first-order valence-electron chi connectivity index (χ1n) is 8.04. The van der Waals surface area contributed by atoms with E-state index in [9.17, 15) is 13.2 Å². The molecule has 0 spiro atoms. The van der Waals surface area contributed by atoms with E-state index in [2.05, 4.69) is 0 Å². The Hall–Kier alpha value is -2.21. The average molecular weight is 354 g/mol. The zero-order chi connectivity index (χ0) is 18.4. The van der Waals surface area contributed by atoms with Crippen molar-refractivity contribution in [1.82, 2.24) is 0 Å². The van der Waals surface area contributed by atoms with E-state index < -0.39 is 11.7 Å². The van der Waals surface area contributed by atoms with Gasteiger partial charge in [0.25, 0.3) is 0 Å². The van der Waals surface area contributed by atoms with Crippen molar-refractivity contribution in [2.75, 3.05) is 14.2 Å². The number of alkyl halides is 3. The number of benzene rings is 2. The number of methoxy groups -OCH3 is 2. The lowest BCUT2D eigenvalue weighted by Gasteiger charge is -2.14. The predicted octanol–water partition coefficient (Wildman–Crippen LogP) is 3.42. The van der Waals surface area contributed by atoms with Gasteiger partial charge < -0.3 is 14.8 Å². The summed E-state index contributed by atoms with van der Waals surface area (Å²) < 4.78 is 48.8. The molecule has 2 aromatic rings. The van der Waals surface area contributed by atoms with Gasteiger partial charge in [-0.2, -0.15) is 13.2 Å². The van der Waals surface area contributed by atoms with Gasteiger partial charge in [0.2, 0.25) is 0 Å². The highest BCUT2D eigenvalue weighted by atomic mass is 19.4. The fraction of sp³-hybridized carbons (Fsp3) is 0.368. The van der Waals surface area contributed by atoms with Crippen molar-refractivity contribution in [2.45, 2.75) is 32.1 Å². The van der Waals surface area contributed by atoms with Crippen LogP contribution in [0.3, 0.4) is 0 Å². The molecule has 0 heterocycles. The molecular formula is C19H23F3NO2+. The smallest absolute Gasteiger partial charge is 0.416 e. The summed E-state index contributed by atoms with van der Waals surface area (Å²) in [5.41, 5.74) is 1.14. The molecule has 0 radical (unpaired) electrons. The lowest BCUT2D eigenvalue weighted by Crippen LogP contribution is -2.88. The summed E-state index contributed by atoms with van der Waals surface area (Å²) in [6.07, 6.45) is -3.53. The maximum Gasteiger partial charge on any atom is 0.416 e. The highest BCUT2D eigenvalue weighted by Gasteiger charge is 2.30. The van der Waals surface area contributed by atoms with E-state index in [1.165, 1.54) is 12.1 Å². The third-order valence-electron chi connectivity index (χ3n) is 4.02. The van der Waals surface area contributed by atoms with Gasteiger partial charge in [-0.05, 0) is 36.8 Å². The molecule has 0 fully saturated rings. The predicted molar refractivity (Wildman–Crippen MR) is 89.8 cm³/mol. The molecule has 0 aliphatic carbocycles. The van der Waals surface area contributed by atoms with E-state index in [0.717, 1.165) is 18.1 Å². The Balaban J connectivity index is 1.96. The summed E-state index contributed by atoms with van der Waals surface area (Å²) in [5, 5.41) is 2.03. The van der Waals surface area contributed by atoms with Crippen molar-refractivity contribution in [2.24, 2.45) is 0 Å². The van der Waals surface area contributed by atoms with Crippen LogP contribution in [0.1, 0.15) is 23.6 Å². The molecule has 1 atom stereocenters. The largest absolute Gasteiger partial charge is 0.493 e. The van der Waals surface area contributed by atoms with Crippen LogP contribution in [0.15, 0.2) is 42.5 Å². The van der Waals surface area contributed by atoms with E-state index in [1.54, 1.807) is 20.3 Å². The molecular weight excluding hydrogens is 331 g/mol. The molecule has 0 aromatic heterocycles. The van der Waals surface area contributed by atoms with Gasteiger partial charge in [0.15, 0.2) is 11.5 Å². The second-order valence-corrected chi connectivity index (χ2v) is 6.01. The van der Waals surface area contributed by atoms with E-state index >= 15 is 0 Å². The normalized spacial score (nSPS) is 12.7. The minimum Gasteiger partial charge on any atom is -0.493 e. The first-order valence-corrected chi connectivity index (χ1v) is 8.04. The van der Waals surface area contributed by atoms with Crippen LogP contribution in [0.25, 0.3) is 0 Å². The number of hydrogen-bond acceptors (Lipinski definition) is 2. The third kappa shape index (κ3) is 5.39. The Morgan fingerprint density at radius 3 is 2.32 bits per heavy atom. The van der Waals surface area contributed by atoms with Gasteiger partial charge in [-0.1, -0.05) is 18.2 Å². The lowest BCUT2D eigenvalue weighted by molar-refractivity contribution is -0.701. The van der Waals surface area contributed by atoms with Crippen LogP contribution in [0.5, 0.6) is 11.5 Å². The van der Waals surface area contributed by atoms with Gasteiger partial charge in [0, 0.05) is 12.0 Å². The van der Waals surface area contributed by atoms with Crippen LogP contribution in [-0.2, 0) is 19.1 Å². The van der Waals surface area contributed by atoms with Gasteiger partial charge in [-0.15, -0.1) is 0 Å². The van der Waals surface area contributed by atoms with E-state index in [-0.39, 0.29) is 6.04 Å². The zero-order valence-corrected chi connectivity index (χ0v) is 14.6. The molecule has 2 aromatic carbocycles. The molecule has 2 rings (SSSR count). The monoisotopic (exact) mass is 354 g/mol. The fourth-order valence-corrected chi connectivity index (χ4v) is 2.67. The van der Waals surface area contributed by atoms with Crippen LogP contribution >= 0.6 is 0 Å². The van der Waals surface area contributed by atoms with E-state index in [4.69, 9.17) is 9.47 Å². The summed E-state index contributed by atoms with van der Waals surface area (Å²) in [5.74, 6) is 1.34. The summed E-state index contributed by atoms with van der Waals surface area (Å²) >= 11 is 0. The Bertz CT molecular complexity index is 701. The van der Waals surface area contributed by atoms with Gasteiger partial charge in [-0.25, -0.2) is 0 Å². The van der Waals surface area contributed by atoms with Crippen molar-refractivity contribution in [3.8, 4) is 11.5 Å². The first-order chi connectivity index (χ1) is 11.8. The standard InChI is InChI=1S/C19H22F3NO2/c1-13(9-14-7-8-17(24-2)18(11-14)25-3)23-12-15-5-4-6-16(10-15)19(20,21)22/h4-8,10-11,13,23H,9,12H2,1-3H3/p+1/t13-/m1/s1. The number of quaternary nitrogens is 1. The number of ether oxygens (including phenoxy) is 2. The summed E-state index contributed by atoms with van der Waals surface area (Å²) in [6.45, 7) is 2.54. The van der Waals surface area contributed by atoms with Crippen molar-refractivity contribution >= 4 is 0 Å². The number of rotatable bonds is 7. The Morgan fingerprint density at radius 2 is 1.68 bits per heavy atom. The summed E-state index contributed by atoms with van der Waals surface area (Å²) in [6, 6.07) is 11.4. The highest BCUT2D eigenvalue weighted by molar-refractivity contribution is 5.43. The van der Waals surface area contributed by atoms with Crippen molar-refractivity contribution < 1.29 is 28.0 Å². The van der Waals surface area contributed by atoms with E-state index in [0.29, 0.717) is 23.6 Å². The molecule has 0 saturated heterocycles. The molecule has 0 bridgehead atoms. The number of nitrogens with two attached hydrogens (primary N) is 1. The molecule has 0 saturated carbocycles. The molecule has 2 N–H and O–H groups in total.